The first-order valence-electron chi connectivity index (χ1n) is 9.18. The van der Waals surface area contributed by atoms with E-state index in [1.165, 1.54) is 24.5 Å². The standard InChI is InChI=1S/C19H16N6O4S/c1-29-18(27)14-5-10(8-30-14)12-6-15(21-11-2-3-11)25-16(22-12)9(7-20-25)4-13-17(26)24-19(28)23-13/h4-8,11,21H,2-3H2,1H3,(H2,23,24,26,28)/b13-4-. The molecule has 1 aliphatic heterocycles. The summed E-state index contributed by atoms with van der Waals surface area (Å²) in [6.45, 7) is 0. The molecule has 4 heterocycles. The topological polar surface area (TPSA) is 127 Å². The maximum absolute atomic E-state index is 11.9. The average Bonchev–Trinajstić information content (AvgIpc) is 3.12. The number of carbonyl (C=O) groups excluding carboxylic acids is 3. The molecule has 0 bridgehead atoms. The fourth-order valence-corrected chi connectivity index (χ4v) is 3.90. The number of carbonyl (C=O) groups is 3. The second-order valence-corrected chi connectivity index (χ2v) is 7.85. The van der Waals surface area contributed by atoms with Crippen LogP contribution in [0.4, 0.5) is 10.6 Å². The number of thiophene rings is 1. The third-order valence-electron chi connectivity index (χ3n) is 4.73. The fourth-order valence-electron chi connectivity index (χ4n) is 3.09. The number of esters is 1. The Kier molecular flexibility index (Phi) is 4.24. The molecule has 2 fully saturated rings. The van der Waals surface area contributed by atoms with E-state index in [1.54, 1.807) is 16.8 Å². The number of ether oxygens (including phenoxy) is 1. The molecule has 3 aromatic heterocycles. The summed E-state index contributed by atoms with van der Waals surface area (Å²) in [6, 6.07) is 3.42. The number of imide groups is 1. The lowest BCUT2D eigenvalue weighted by Gasteiger charge is -2.09. The van der Waals surface area contributed by atoms with Crippen LogP contribution in [0.2, 0.25) is 0 Å². The third-order valence-corrected chi connectivity index (χ3v) is 5.64. The van der Waals surface area contributed by atoms with Crippen LogP contribution < -0.4 is 16.0 Å². The van der Waals surface area contributed by atoms with E-state index in [0.717, 1.165) is 24.2 Å². The molecular weight excluding hydrogens is 408 g/mol. The van der Waals surface area contributed by atoms with Gasteiger partial charge in [0.05, 0.1) is 19.0 Å². The van der Waals surface area contributed by atoms with Crippen molar-refractivity contribution in [1.29, 1.82) is 0 Å². The van der Waals surface area contributed by atoms with Gasteiger partial charge in [-0.1, -0.05) is 0 Å². The molecule has 30 heavy (non-hydrogen) atoms. The van der Waals surface area contributed by atoms with Crippen molar-refractivity contribution in [3.05, 3.63) is 39.8 Å². The number of amides is 3. The summed E-state index contributed by atoms with van der Waals surface area (Å²) in [5, 5.41) is 14.3. The highest BCUT2D eigenvalue weighted by atomic mass is 32.1. The highest BCUT2D eigenvalue weighted by molar-refractivity contribution is 7.12. The summed E-state index contributed by atoms with van der Waals surface area (Å²) in [5.74, 6) is -0.151. The predicted octanol–water partition coefficient (Wildman–Crippen LogP) is 2.00. The lowest BCUT2D eigenvalue weighted by atomic mass is 10.2. The molecule has 5 rings (SSSR count). The van der Waals surface area contributed by atoms with Gasteiger partial charge in [0.1, 0.15) is 16.4 Å². The van der Waals surface area contributed by atoms with Crippen LogP contribution in [-0.4, -0.2) is 45.7 Å². The molecule has 0 spiro atoms. The largest absolute Gasteiger partial charge is 0.465 e. The number of nitrogens with zero attached hydrogens (tertiary/aromatic N) is 3. The van der Waals surface area contributed by atoms with Crippen molar-refractivity contribution in [2.24, 2.45) is 0 Å². The van der Waals surface area contributed by atoms with Gasteiger partial charge in [0, 0.05) is 28.6 Å². The van der Waals surface area contributed by atoms with Gasteiger partial charge in [0.2, 0.25) is 0 Å². The molecule has 0 unspecified atom stereocenters. The average molecular weight is 424 g/mol. The van der Waals surface area contributed by atoms with E-state index in [4.69, 9.17) is 9.72 Å². The number of methoxy groups -OCH3 is 1. The summed E-state index contributed by atoms with van der Waals surface area (Å²) in [5.41, 5.74) is 2.64. The minimum absolute atomic E-state index is 0.127. The van der Waals surface area contributed by atoms with Gasteiger partial charge in [0.25, 0.3) is 5.91 Å². The quantitative estimate of drug-likeness (QED) is 0.325. The molecule has 10 nitrogen and oxygen atoms in total. The zero-order valence-electron chi connectivity index (χ0n) is 15.8. The Hall–Kier alpha value is -3.73. The summed E-state index contributed by atoms with van der Waals surface area (Å²) in [7, 11) is 1.34. The van der Waals surface area contributed by atoms with Crippen molar-refractivity contribution in [1.82, 2.24) is 25.2 Å². The van der Waals surface area contributed by atoms with Gasteiger partial charge < -0.3 is 15.4 Å². The molecular formula is C19H16N6O4S. The highest BCUT2D eigenvalue weighted by Gasteiger charge is 2.25. The van der Waals surface area contributed by atoms with E-state index in [0.29, 0.717) is 27.8 Å². The summed E-state index contributed by atoms with van der Waals surface area (Å²) >= 11 is 1.28. The number of anilines is 1. The van der Waals surface area contributed by atoms with Gasteiger partial charge in [-0.3, -0.25) is 10.1 Å². The van der Waals surface area contributed by atoms with Gasteiger partial charge in [-0.05, 0) is 25.0 Å². The second kappa shape index (κ2) is 6.95. The van der Waals surface area contributed by atoms with Gasteiger partial charge >= 0.3 is 12.0 Å². The first-order valence-corrected chi connectivity index (χ1v) is 10.1. The Labute approximate surface area is 173 Å². The molecule has 0 aromatic carbocycles. The van der Waals surface area contributed by atoms with Crippen LogP contribution in [0.15, 0.2) is 29.4 Å². The Balaban J connectivity index is 1.62. The van der Waals surface area contributed by atoms with E-state index in [1.807, 2.05) is 11.4 Å². The van der Waals surface area contributed by atoms with Crippen LogP contribution in [-0.2, 0) is 9.53 Å². The van der Waals surface area contributed by atoms with Crippen molar-refractivity contribution in [2.75, 3.05) is 12.4 Å². The molecule has 152 valence electrons. The molecule has 11 heteroatoms. The molecule has 0 atom stereocenters. The van der Waals surface area contributed by atoms with E-state index in [9.17, 15) is 14.4 Å². The Morgan fingerprint density at radius 3 is 2.87 bits per heavy atom. The highest BCUT2D eigenvalue weighted by Crippen LogP contribution is 2.31. The van der Waals surface area contributed by atoms with Crippen LogP contribution in [0.5, 0.6) is 0 Å². The van der Waals surface area contributed by atoms with Crippen LogP contribution in [0, 0.1) is 0 Å². The van der Waals surface area contributed by atoms with Gasteiger partial charge in [0.15, 0.2) is 5.65 Å². The monoisotopic (exact) mass is 424 g/mol. The normalized spacial score (nSPS) is 17.3. The lowest BCUT2D eigenvalue weighted by Crippen LogP contribution is -2.22. The zero-order chi connectivity index (χ0) is 20.8. The number of urea groups is 1. The van der Waals surface area contributed by atoms with Crippen molar-refractivity contribution in [2.45, 2.75) is 18.9 Å². The Morgan fingerprint density at radius 2 is 2.17 bits per heavy atom. The van der Waals surface area contributed by atoms with Crippen LogP contribution in [0.3, 0.4) is 0 Å². The SMILES string of the molecule is COC(=O)c1cc(-c2cc(NC3CC3)n3ncc(/C=C4\NC(=O)NC4=O)c3n2)cs1. The molecule has 2 aliphatic rings. The van der Waals surface area contributed by atoms with Gasteiger partial charge in [-0.15, -0.1) is 11.3 Å². The summed E-state index contributed by atoms with van der Waals surface area (Å²) in [6.07, 6.45) is 5.28. The summed E-state index contributed by atoms with van der Waals surface area (Å²) < 4.78 is 6.45. The third kappa shape index (κ3) is 3.28. The van der Waals surface area contributed by atoms with Crippen molar-refractivity contribution in [3.8, 4) is 11.3 Å². The maximum atomic E-state index is 11.9. The number of fused-ring (bicyclic) bond motifs is 1. The number of nitrogens with one attached hydrogen (secondary N) is 3. The van der Waals surface area contributed by atoms with Crippen LogP contribution in [0.1, 0.15) is 28.1 Å². The number of hydrogen-bond acceptors (Lipinski definition) is 8. The Bertz CT molecular complexity index is 1240. The van der Waals surface area contributed by atoms with Crippen LogP contribution in [0.25, 0.3) is 23.0 Å². The molecule has 1 aliphatic carbocycles. The van der Waals surface area contributed by atoms with E-state index in [-0.39, 0.29) is 5.70 Å². The van der Waals surface area contributed by atoms with Gasteiger partial charge in [-0.2, -0.15) is 9.61 Å². The first kappa shape index (κ1) is 18.3. The minimum atomic E-state index is -0.568. The minimum Gasteiger partial charge on any atom is -0.465 e. The Morgan fingerprint density at radius 1 is 1.33 bits per heavy atom. The molecule has 3 N–H and O–H groups in total. The molecule has 1 saturated heterocycles. The predicted molar refractivity (Wildman–Crippen MR) is 109 cm³/mol. The lowest BCUT2D eigenvalue weighted by molar-refractivity contribution is -0.115. The second-order valence-electron chi connectivity index (χ2n) is 6.94. The molecule has 3 aromatic rings. The molecule has 0 radical (unpaired) electrons. The van der Waals surface area contributed by atoms with E-state index >= 15 is 0 Å². The number of hydrogen-bond donors (Lipinski definition) is 3. The van der Waals surface area contributed by atoms with E-state index < -0.39 is 17.9 Å². The van der Waals surface area contributed by atoms with Gasteiger partial charge in [-0.25, -0.2) is 14.6 Å². The number of rotatable bonds is 5. The summed E-state index contributed by atoms with van der Waals surface area (Å²) in [4.78, 5) is 40.3. The first-order chi connectivity index (χ1) is 14.5. The zero-order valence-corrected chi connectivity index (χ0v) is 16.6. The van der Waals surface area contributed by atoms with Crippen molar-refractivity contribution in [3.63, 3.8) is 0 Å². The van der Waals surface area contributed by atoms with Crippen LogP contribution >= 0.6 is 11.3 Å². The smallest absolute Gasteiger partial charge is 0.348 e. The molecule has 3 amide bonds. The fraction of sp³-hybridized carbons (Fsp3) is 0.211. The van der Waals surface area contributed by atoms with E-state index in [2.05, 4.69) is 21.0 Å². The maximum Gasteiger partial charge on any atom is 0.348 e. The van der Waals surface area contributed by atoms with Crippen molar-refractivity contribution < 1.29 is 19.1 Å². The molecule has 1 saturated carbocycles. The number of aromatic nitrogens is 3. The van der Waals surface area contributed by atoms with Crippen molar-refractivity contribution >= 4 is 46.8 Å².